The Morgan fingerprint density at radius 1 is 1.18 bits per heavy atom. The molecule has 1 aromatic carbocycles. The number of nitrogens with one attached hydrogen (secondary N) is 1. The third-order valence-electron chi connectivity index (χ3n) is 4.84. The highest BCUT2D eigenvalue weighted by Gasteiger charge is 2.31. The summed E-state index contributed by atoms with van der Waals surface area (Å²) in [6, 6.07) is 6.11. The fourth-order valence-corrected chi connectivity index (χ4v) is 3.29. The Balaban J connectivity index is 2.36. The SMILES string of the molecule is CCN(C(=O)c1cccc(OC)c1)[C@@H](C)C(=O)c1c(C)[nH]c(C(=O)OC)c1C. The minimum Gasteiger partial charge on any atom is -0.497 e. The molecule has 0 aliphatic carbocycles. The first kappa shape index (κ1) is 21.2. The second-order valence-electron chi connectivity index (χ2n) is 6.48. The molecule has 2 aromatic rings. The van der Waals surface area contributed by atoms with Gasteiger partial charge in [-0.1, -0.05) is 6.07 Å². The highest BCUT2D eigenvalue weighted by atomic mass is 16.5. The molecule has 0 saturated heterocycles. The van der Waals surface area contributed by atoms with E-state index in [2.05, 4.69) is 4.98 Å². The molecule has 7 heteroatoms. The van der Waals surface area contributed by atoms with E-state index in [1.54, 1.807) is 45.0 Å². The number of Topliss-reactive ketones (excluding diaryl/α,β-unsaturated/α-hetero) is 1. The molecule has 0 unspecified atom stereocenters. The van der Waals surface area contributed by atoms with Crippen LogP contribution in [0.1, 0.15) is 56.3 Å². The minimum absolute atomic E-state index is 0.237. The van der Waals surface area contributed by atoms with E-state index < -0.39 is 12.0 Å². The van der Waals surface area contributed by atoms with Gasteiger partial charge in [0, 0.05) is 23.4 Å². The Labute approximate surface area is 164 Å². The minimum atomic E-state index is -0.706. The Hall–Kier alpha value is -3.09. The van der Waals surface area contributed by atoms with Crippen LogP contribution in [0, 0.1) is 13.8 Å². The van der Waals surface area contributed by atoms with Crippen LogP contribution in [-0.2, 0) is 4.74 Å². The average Bonchev–Trinajstić information content (AvgIpc) is 3.01. The molecule has 1 amide bonds. The van der Waals surface area contributed by atoms with Crippen molar-refractivity contribution in [3.05, 3.63) is 52.3 Å². The lowest BCUT2D eigenvalue weighted by atomic mass is 9.99. The molecule has 0 saturated carbocycles. The summed E-state index contributed by atoms with van der Waals surface area (Å²) < 4.78 is 9.93. The normalized spacial score (nSPS) is 11.6. The van der Waals surface area contributed by atoms with Gasteiger partial charge in [-0.05, 0) is 51.5 Å². The van der Waals surface area contributed by atoms with Crippen molar-refractivity contribution < 1.29 is 23.9 Å². The molecule has 1 heterocycles. The van der Waals surface area contributed by atoms with Crippen LogP contribution in [-0.4, -0.2) is 54.3 Å². The topological polar surface area (TPSA) is 88.7 Å². The van der Waals surface area contributed by atoms with E-state index in [1.807, 2.05) is 6.92 Å². The van der Waals surface area contributed by atoms with Gasteiger partial charge < -0.3 is 19.4 Å². The summed E-state index contributed by atoms with van der Waals surface area (Å²) in [4.78, 5) is 42.5. The highest BCUT2D eigenvalue weighted by Crippen LogP contribution is 2.23. The summed E-state index contributed by atoms with van der Waals surface area (Å²) in [5.74, 6) is -0.464. The molecule has 0 fully saturated rings. The molecule has 2 rings (SSSR count). The summed E-state index contributed by atoms with van der Waals surface area (Å²) in [5.41, 5.74) is 2.19. The number of amides is 1. The van der Waals surface area contributed by atoms with Crippen LogP contribution >= 0.6 is 0 Å². The molecule has 0 radical (unpaired) electrons. The zero-order chi connectivity index (χ0) is 21.0. The number of hydrogen-bond acceptors (Lipinski definition) is 5. The predicted molar refractivity (Wildman–Crippen MR) is 105 cm³/mol. The number of ketones is 1. The number of methoxy groups -OCH3 is 2. The number of H-pyrrole nitrogens is 1. The van der Waals surface area contributed by atoms with Gasteiger partial charge in [0.25, 0.3) is 5.91 Å². The van der Waals surface area contributed by atoms with Gasteiger partial charge in [-0.15, -0.1) is 0 Å². The number of aromatic amines is 1. The first-order valence-corrected chi connectivity index (χ1v) is 9.03. The highest BCUT2D eigenvalue weighted by molar-refractivity contribution is 6.07. The number of likely N-dealkylation sites (N-methyl/N-ethyl adjacent to an activating group) is 1. The molecule has 1 atom stereocenters. The Bertz CT molecular complexity index is 900. The number of benzene rings is 1. The van der Waals surface area contributed by atoms with Crippen LogP contribution in [0.15, 0.2) is 24.3 Å². The zero-order valence-corrected chi connectivity index (χ0v) is 17.1. The first-order valence-electron chi connectivity index (χ1n) is 9.03. The molecule has 0 aliphatic heterocycles. The standard InChI is InChI=1S/C21H26N2O5/c1-7-23(20(25)15-9-8-10-16(11-15)27-5)14(4)19(24)17-12(2)18(21(26)28-6)22-13(17)3/h8-11,14,22H,7H2,1-6H3/t14-/m0/s1. The number of aromatic nitrogens is 1. The smallest absolute Gasteiger partial charge is 0.354 e. The third-order valence-corrected chi connectivity index (χ3v) is 4.84. The molecule has 28 heavy (non-hydrogen) atoms. The number of aryl methyl sites for hydroxylation is 1. The van der Waals surface area contributed by atoms with E-state index >= 15 is 0 Å². The Kier molecular flexibility index (Phi) is 6.62. The maximum Gasteiger partial charge on any atom is 0.354 e. The number of ether oxygens (including phenoxy) is 2. The molecule has 150 valence electrons. The second-order valence-corrected chi connectivity index (χ2v) is 6.48. The van der Waals surface area contributed by atoms with Gasteiger partial charge in [0.2, 0.25) is 0 Å². The maximum absolute atomic E-state index is 13.2. The number of hydrogen-bond donors (Lipinski definition) is 1. The van der Waals surface area contributed by atoms with Crippen molar-refractivity contribution in [1.29, 1.82) is 0 Å². The quantitative estimate of drug-likeness (QED) is 0.583. The van der Waals surface area contributed by atoms with Crippen LogP contribution in [0.4, 0.5) is 0 Å². The van der Waals surface area contributed by atoms with Gasteiger partial charge in [-0.25, -0.2) is 4.79 Å². The number of rotatable bonds is 7. The molecule has 1 aromatic heterocycles. The van der Waals surface area contributed by atoms with Gasteiger partial charge >= 0.3 is 5.97 Å². The second kappa shape index (κ2) is 8.73. The van der Waals surface area contributed by atoms with Gasteiger partial charge in [0.15, 0.2) is 5.78 Å². The van der Waals surface area contributed by atoms with E-state index in [-0.39, 0.29) is 17.4 Å². The molecule has 0 spiro atoms. The van der Waals surface area contributed by atoms with Crippen molar-refractivity contribution >= 4 is 17.7 Å². The number of carbonyl (C=O) groups is 3. The van der Waals surface area contributed by atoms with E-state index in [0.717, 1.165) is 0 Å². The van der Waals surface area contributed by atoms with E-state index in [4.69, 9.17) is 9.47 Å². The van der Waals surface area contributed by atoms with Crippen LogP contribution in [0.5, 0.6) is 5.75 Å². The summed E-state index contributed by atoms with van der Waals surface area (Å²) in [6.07, 6.45) is 0. The van der Waals surface area contributed by atoms with E-state index in [0.29, 0.717) is 34.7 Å². The number of nitrogens with zero attached hydrogens (tertiary/aromatic N) is 1. The van der Waals surface area contributed by atoms with Crippen LogP contribution in [0.3, 0.4) is 0 Å². The van der Waals surface area contributed by atoms with E-state index in [1.165, 1.54) is 19.1 Å². The fourth-order valence-electron chi connectivity index (χ4n) is 3.29. The monoisotopic (exact) mass is 386 g/mol. The van der Waals surface area contributed by atoms with Crippen molar-refractivity contribution in [1.82, 2.24) is 9.88 Å². The van der Waals surface area contributed by atoms with Gasteiger partial charge in [0.1, 0.15) is 11.4 Å². The van der Waals surface area contributed by atoms with Crippen molar-refractivity contribution in [3.63, 3.8) is 0 Å². The van der Waals surface area contributed by atoms with Gasteiger partial charge in [-0.2, -0.15) is 0 Å². The Morgan fingerprint density at radius 2 is 1.86 bits per heavy atom. The first-order chi connectivity index (χ1) is 13.3. The summed E-state index contributed by atoms with van der Waals surface area (Å²) in [5, 5.41) is 0. The molecule has 0 aliphatic rings. The zero-order valence-electron chi connectivity index (χ0n) is 17.1. The van der Waals surface area contributed by atoms with Crippen molar-refractivity contribution in [2.75, 3.05) is 20.8 Å². The average molecular weight is 386 g/mol. The summed E-state index contributed by atoms with van der Waals surface area (Å²) >= 11 is 0. The van der Waals surface area contributed by atoms with Crippen LogP contribution in [0.2, 0.25) is 0 Å². The van der Waals surface area contributed by atoms with Crippen molar-refractivity contribution in [2.45, 2.75) is 33.7 Å². The summed E-state index contributed by atoms with van der Waals surface area (Å²) in [6.45, 7) is 7.27. The molecule has 0 bridgehead atoms. The van der Waals surface area contributed by atoms with Crippen LogP contribution in [0.25, 0.3) is 0 Å². The van der Waals surface area contributed by atoms with Crippen molar-refractivity contribution in [2.24, 2.45) is 0 Å². The lowest BCUT2D eigenvalue weighted by Gasteiger charge is -2.27. The number of esters is 1. The van der Waals surface area contributed by atoms with Gasteiger partial charge in [0.05, 0.1) is 20.3 Å². The van der Waals surface area contributed by atoms with E-state index in [9.17, 15) is 14.4 Å². The molecular weight excluding hydrogens is 360 g/mol. The van der Waals surface area contributed by atoms with Crippen LogP contribution < -0.4 is 4.74 Å². The maximum atomic E-state index is 13.2. The third kappa shape index (κ3) is 3.93. The number of carbonyl (C=O) groups excluding carboxylic acids is 3. The molecule has 7 nitrogen and oxygen atoms in total. The largest absolute Gasteiger partial charge is 0.497 e. The lowest BCUT2D eigenvalue weighted by molar-refractivity contribution is 0.0593. The molecule has 1 N–H and O–H groups in total. The predicted octanol–water partition coefficient (Wildman–Crippen LogP) is 3.16. The van der Waals surface area contributed by atoms with Crippen molar-refractivity contribution in [3.8, 4) is 5.75 Å². The summed E-state index contributed by atoms with van der Waals surface area (Å²) in [7, 11) is 2.82. The lowest BCUT2D eigenvalue weighted by Crippen LogP contribution is -2.43. The molecular formula is C21H26N2O5. The Morgan fingerprint density at radius 3 is 2.43 bits per heavy atom. The van der Waals surface area contributed by atoms with Gasteiger partial charge in [-0.3, -0.25) is 9.59 Å². The fraction of sp³-hybridized carbons (Fsp3) is 0.381.